The second-order valence-electron chi connectivity index (χ2n) is 2.90. The van der Waals surface area contributed by atoms with Crippen molar-refractivity contribution in [2.24, 2.45) is 0 Å². The summed E-state index contributed by atoms with van der Waals surface area (Å²) in [7, 11) is 0. The summed E-state index contributed by atoms with van der Waals surface area (Å²) in [6, 6.07) is 0. The van der Waals surface area contributed by atoms with Crippen molar-refractivity contribution in [3.63, 3.8) is 0 Å². The third-order valence-electron chi connectivity index (χ3n) is 2.12. The molecule has 0 spiro atoms. The molecule has 0 saturated carbocycles. The Kier molecular flexibility index (Phi) is 2.66. The highest BCUT2D eigenvalue weighted by Gasteiger charge is 2.45. The number of ether oxygens (including phenoxy) is 1. The number of hydrogen-bond donors (Lipinski definition) is 3. The molecule has 0 aromatic rings. The van der Waals surface area contributed by atoms with Crippen molar-refractivity contribution in [2.75, 3.05) is 13.2 Å². The Balaban J connectivity index is 2.70. The fraction of sp³-hybridized carbons (Fsp3) is 0.857. The van der Waals surface area contributed by atoms with Crippen LogP contribution in [0.4, 0.5) is 0 Å². The SMILES string of the molecule is O=C1CC[C@@](CO)([C@@H](O)CO)O1. The molecular formula is C7H12O5. The van der Waals surface area contributed by atoms with Gasteiger partial charge < -0.3 is 20.1 Å². The molecule has 1 fully saturated rings. The first kappa shape index (κ1) is 9.44. The quantitative estimate of drug-likeness (QED) is 0.451. The third kappa shape index (κ3) is 1.43. The van der Waals surface area contributed by atoms with Gasteiger partial charge in [-0.3, -0.25) is 4.79 Å². The molecule has 0 amide bonds. The molecule has 5 heteroatoms. The van der Waals surface area contributed by atoms with Crippen molar-refractivity contribution in [2.45, 2.75) is 24.5 Å². The van der Waals surface area contributed by atoms with Gasteiger partial charge in [0.15, 0.2) is 5.60 Å². The van der Waals surface area contributed by atoms with Crippen molar-refractivity contribution in [3.05, 3.63) is 0 Å². The van der Waals surface area contributed by atoms with Crippen LogP contribution in [0.15, 0.2) is 0 Å². The van der Waals surface area contributed by atoms with E-state index in [-0.39, 0.29) is 12.8 Å². The fourth-order valence-electron chi connectivity index (χ4n) is 1.26. The first-order valence-corrected chi connectivity index (χ1v) is 3.76. The van der Waals surface area contributed by atoms with Gasteiger partial charge >= 0.3 is 5.97 Å². The van der Waals surface area contributed by atoms with Gasteiger partial charge in [0, 0.05) is 12.8 Å². The molecule has 1 aliphatic rings. The minimum atomic E-state index is -1.27. The molecule has 1 heterocycles. The van der Waals surface area contributed by atoms with Gasteiger partial charge in [0.25, 0.3) is 0 Å². The highest BCUT2D eigenvalue weighted by atomic mass is 16.6. The van der Waals surface area contributed by atoms with Crippen molar-refractivity contribution >= 4 is 5.97 Å². The van der Waals surface area contributed by atoms with E-state index < -0.39 is 30.9 Å². The van der Waals surface area contributed by atoms with Crippen molar-refractivity contribution in [1.29, 1.82) is 0 Å². The Bertz CT molecular complexity index is 181. The molecule has 3 N–H and O–H groups in total. The first-order valence-electron chi connectivity index (χ1n) is 3.76. The smallest absolute Gasteiger partial charge is 0.306 e. The van der Waals surface area contributed by atoms with Crippen molar-refractivity contribution < 1.29 is 24.9 Å². The largest absolute Gasteiger partial charge is 0.454 e. The molecule has 12 heavy (non-hydrogen) atoms. The predicted molar refractivity (Wildman–Crippen MR) is 38.2 cm³/mol. The Morgan fingerprint density at radius 1 is 1.58 bits per heavy atom. The predicted octanol–water partition coefficient (Wildman–Crippen LogP) is -1.59. The molecule has 0 bridgehead atoms. The average molecular weight is 176 g/mol. The number of aliphatic hydroxyl groups is 3. The lowest BCUT2D eigenvalue weighted by molar-refractivity contribution is -0.168. The lowest BCUT2D eigenvalue weighted by Gasteiger charge is -2.29. The van der Waals surface area contributed by atoms with Gasteiger partial charge in [0.05, 0.1) is 13.2 Å². The average Bonchev–Trinajstić information content (AvgIpc) is 2.47. The van der Waals surface area contributed by atoms with Crippen LogP contribution in [0, 0.1) is 0 Å². The van der Waals surface area contributed by atoms with Crippen molar-refractivity contribution in [3.8, 4) is 0 Å². The summed E-state index contributed by atoms with van der Waals surface area (Å²) >= 11 is 0. The van der Waals surface area contributed by atoms with Gasteiger partial charge in [-0.15, -0.1) is 0 Å². The standard InChI is InChI=1S/C7H12O5/c8-3-5(10)7(4-9)2-1-6(11)12-7/h5,8-10H,1-4H2/t5-,7+/m0/s1. The molecular weight excluding hydrogens is 164 g/mol. The van der Waals surface area contributed by atoms with Gasteiger partial charge in [-0.05, 0) is 0 Å². The van der Waals surface area contributed by atoms with Crippen LogP contribution in [0.3, 0.4) is 0 Å². The van der Waals surface area contributed by atoms with Gasteiger partial charge in [0.2, 0.25) is 0 Å². The topological polar surface area (TPSA) is 87.0 Å². The normalized spacial score (nSPS) is 31.8. The van der Waals surface area contributed by atoms with Crippen LogP contribution >= 0.6 is 0 Å². The van der Waals surface area contributed by atoms with Crippen LogP contribution in [-0.4, -0.2) is 46.2 Å². The maximum atomic E-state index is 10.7. The molecule has 70 valence electrons. The van der Waals surface area contributed by atoms with Gasteiger partial charge in [-0.1, -0.05) is 0 Å². The summed E-state index contributed by atoms with van der Waals surface area (Å²) in [5.74, 6) is -0.448. The Morgan fingerprint density at radius 3 is 2.58 bits per heavy atom. The maximum absolute atomic E-state index is 10.7. The summed E-state index contributed by atoms with van der Waals surface area (Å²) in [5.41, 5.74) is -1.27. The Morgan fingerprint density at radius 2 is 2.25 bits per heavy atom. The van der Waals surface area contributed by atoms with Gasteiger partial charge in [0.1, 0.15) is 6.10 Å². The van der Waals surface area contributed by atoms with Crippen LogP contribution < -0.4 is 0 Å². The fourth-order valence-corrected chi connectivity index (χ4v) is 1.26. The number of esters is 1. The molecule has 1 rings (SSSR count). The minimum absolute atomic E-state index is 0.178. The van der Waals surface area contributed by atoms with Gasteiger partial charge in [-0.25, -0.2) is 0 Å². The van der Waals surface area contributed by atoms with E-state index in [0.29, 0.717) is 0 Å². The highest BCUT2D eigenvalue weighted by Crippen LogP contribution is 2.29. The van der Waals surface area contributed by atoms with E-state index in [0.717, 1.165) is 0 Å². The molecule has 0 unspecified atom stereocenters. The van der Waals surface area contributed by atoms with Crippen LogP contribution in [0.1, 0.15) is 12.8 Å². The molecule has 2 atom stereocenters. The number of carbonyl (C=O) groups excluding carboxylic acids is 1. The molecule has 1 saturated heterocycles. The zero-order chi connectivity index (χ0) is 9.19. The zero-order valence-electron chi connectivity index (χ0n) is 6.56. The number of cyclic esters (lactones) is 1. The molecule has 0 aliphatic carbocycles. The van der Waals surface area contributed by atoms with Crippen LogP contribution in [-0.2, 0) is 9.53 Å². The number of rotatable bonds is 3. The highest BCUT2D eigenvalue weighted by molar-refractivity contribution is 5.72. The number of aliphatic hydroxyl groups excluding tert-OH is 3. The summed E-state index contributed by atoms with van der Waals surface area (Å²) < 4.78 is 4.75. The van der Waals surface area contributed by atoms with E-state index in [1.165, 1.54) is 0 Å². The van der Waals surface area contributed by atoms with E-state index >= 15 is 0 Å². The van der Waals surface area contributed by atoms with Crippen LogP contribution in [0.25, 0.3) is 0 Å². The Labute approximate surface area is 69.6 Å². The number of carbonyl (C=O) groups is 1. The molecule has 0 radical (unpaired) electrons. The monoisotopic (exact) mass is 176 g/mol. The summed E-state index contributed by atoms with van der Waals surface area (Å²) in [6.45, 7) is -0.978. The summed E-state index contributed by atoms with van der Waals surface area (Å²) in [4.78, 5) is 10.7. The minimum Gasteiger partial charge on any atom is -0.454 e. The zero-order valence-corrected chi connectivity index (χ0v) is 6.56. The van der Waals surface area contributed by atoms with Gasteiger partial charge in [-0.2, -0.15) is 0 Å². The molecule has 0 aromatic heterocycles. The molecule has 1 aliphatic heterocycles. The third-order valence-corrected chi connectivity index (χ3v) is 2.12. The second-order valence-corrected chi connectivity index (χ2v) is 2.90. The van der Waals surface area contributed by atoms with Crippen LogP contribution in [0.2, 0.25) is 0 Å². The van der Waals surface area contributed by atoms with E-state index in [4.69, 9.17) is 14.9 Å². The van der Waals surface area contributed by atoms with E-state index in [2.05, 4.69) is 0 Å². The Hall–Kier alpha value is -0.650. The lowest BCUT2D eigenvalue weighted by Crippen LogP contribution is -2.47. The maximum Gasteiger partial charge on any atom is 0.306 e. The summed E-state index contributed by atoms with van der Waals surface area (Å²) in [6.07, 6.45) is -0.768. The molecule has 0 aromatic carbocycles. The summed E-state index contributed by atoms with van der Waals surface area (Å²) in [5, 5.41) is 26.8. The lowest BCUT2D eigenvalue weighted by atomic mass is 9.95. The van der Waals surface area contributed by atoms with E-state index in [9.17, 15) is 9.90 Å². The van der Waals surface area contributed by atoms with E-state index in [1.54, 1.807) is 0 Å². The molecule has 5 nitrogen and oxygen atoms in total. The van der Waals surface area contributed by atoms with Crippen LogP contribution in [0.5, 0.6) is 0 Å². The number of hydrogen-bond acceptors (Lipinski definition) is 5. The first-order chi connectivity index (χ1) is 5.64. The van der Waals surface area contributed by atoms with E-state index in [1.807, 2.05) is 0 Å². The van der Waals surface area contributed by atoms with Crippen molar-refractivity contribution in [1.82, 2.24) is 0 Å². The second kappa shape index (κ2) is 3.38.